The van der Waals surface area contributed by atoms with Crippen LogP contribution in [0.25, 0.3) is 0 Å². The van der Waals surface area contributed by atoms with Crippen LogP contribution in [0, 0.1) is 0 Å². The summed E-state index contributed by atoms with van der Waals surface area (Å²) in [7, 11) is 1.25. The first-order valence-corrected chi connectivity index (χ1v) is 8.85. The standard InChI is InChI=1S/C20H15ClF3N3O3/c1-29-18-11-16(21)15(20(22,23)24)10-17(18)27-19(28)26-12-2-4-13(5-3-12)30-14-6-8-25-9-7-14/h2-11H,1H3,(H2,26,27,28). The molecular formula is C20H15ClF3N3O3. The van der Waals surface area contributed by atoms with Gasteiger partial charge in [0.1, 0.15) is 17.2 Å². The number of ether oxygens (including phenoxy) is 2. The summed E-state index contributed by atoms with van der Waals surface area (Å²) in [6.45, 7) is 0. The van der Waals surface area contributed by atoms with Gasteiger partial charge in [-0.05, 0) is 42.5 Å². The molecule has 0 aliphatic carbocycles. The number of alkyl halides is 3. The largest absolute Gasteiger partial charge is 0.495 e. The van der Waals surface area contributed by atoms with E-state index in [0.717, 1.165) is 6.07 Å². The minimum absolute atomic E-state index is 0.00995. The van der Waals surface area contributed by atoms with Crippen molar-refractivity contribution in [3.05, 3.63) is 71.5 Å². The van der Waals surface area contributed by atoms with Crippen LogP contribution < -0.4 is 20.1 Å². The number of hydrogen-bond donors (Lipinski definition) is 2. The predicted molar refractivity (Wildman–Crippen MR) is 106 cm³/mol. The number of urea groups is 1. The molecule has 0 fully saturated rings. The van der Waals surface area contributed by atoms with E-state index in [9.17, 15) is 18.0 Å². The smallest absolute Gasteiger partial charge is 0.417 e. The maximum absolute atomic E-state index is 13.1. The molecule has 1 heterocycles. The molecule has 0 aliphatic heterocycles. The lowest BCUT2D eigenvalue weighted by Gasteiger charge is -2.16. The number of hydrogen-bond acceptors (Lipinski definition) is 4. The van der Waals surface area contributed by atoms with Gasteiger partial charge in [0.2, 0.25) is 0 Å². The van der Waals surface area contributed by atoms with Crippen molar-refractivity contribution in [3.63, 3.8) is 0 Å². The van der Waals surface area contributed by atoms with Crippen LogP contribution in [-0.4, -0.2) is 18.1 Å². The second-order valence-corrected chi connectivity index (χ2v) is 6.33. The number of methoxy groups -OCH3 is 1. The fourth-order valence-electron chi connectivity index (χ4n) is 2.47. The number of carbonyl (C=O) groups excluding carboxylic acids is 1. The quantitative estimate of drug-likeness (QED) is 0.498. The number of aromatic nitrogens is 1. The number of anilines is 2. The van der Waals surface area contributed by atoms with E-state index in [4.69, 9.17) is 21.1 Å². The number of benzene rings is 2. The van der Waals surface area contributed by atoms with Crippen LogP contribution in [0.4, 0.5) is 29.3 Å². The van der Waals surface area contributed by atoms with E-state index in [1.165, 1.54) is 7.11 Å². The summed E-state index contributed by atoms with van der Waals surface area (Å²) in [4.78, 5) is 16.1. The fraction of sp³-hybridized carbons (Fsp3) is 0.100. The molecule has 1 aromatic heterocycles. The van der Waals surface area contributed by atoms with E-state index >= 15 is 0 Å². The van der Waals surface area contributed by atoms with Gasteiger partial charge in [0.25, 0.3) is 0 Å². The molecule has 0 unspecified atom stereocenters. The molecule has 3 aromatic rings. The highest BCUT2D eigenvalue weighted by molar-refractivity contribution is 6.31. The molecule has 0 spiro atoms. The van der Waals surface area contributed by atoms with Crippen molar-refractivity contribution in [2.75, 3.05) is 17.7 Å². The van der Waals surface area contributed by atoms with Crippen LogP contribution in [0.1, 0.15) is 5.56 Å². The third-order valence-corrected chi connectivity index (χ3v) is 4.15. The zero-order valence-corrected chi connectivity index (χ0v) is 16.2. The van der Waals surface area contributed by atoms with Crippen LogP contribution >= 0.6 is 11.6 Å². The minimum atomic E-state index is -4.68. The number of nitrogens with zero attached hydrogens (tertiary/aromatic N) is 1. The van der Waals surface area contributed by atoms with Gasteiger partial charge in [0.05, 0.1) is 23.4 Å². The summed E-state index contributed by atoms with van der Waals surface area (Å²) >= 11 is 5.66. The monoisotopic (exact) mass is 437 g/mol. The van der Waals surface area contributed by atoms with Gasteiger partial charge < -0.3 is 20.1 Å². The van der Waals surface area contributed by atoms with E-state index in [1.807, 2.05) is 0 Å². The third kappa shape index (κ3) is 5.32. The van der Waals surface area contributed by atoms with Gasteiger partial charge in [-0.3, -0.25) is 4.98 Å². The Kier molecular flexibility index (Phi) is 6.31. The van der Waals surface area contributed by atoms with Gasteiger partial charge >= 0.3 is 12.2 Å². The highest BCUT2D eigenvalue weighted by Crippen LogP contribution is 2.40. The van der Waals surface area contributed by atoms with Crippen molar-refractivity contribution in [1.82, 2.24) is 4.98 Å². The lowest BCUT2D eigenvalue weighted by atomic mass is 10.1. The van der Waals surface area contributed by atoms with Gasteiger partial charge in [0, 0.05) is 24.1 Å². The Morgan fingerprint density at radius 1 is 1.00 bits per heavy atom. The molecule has 2 amide bonds. The Labute approximate surface area is 174 Å². The van der Waals surface area contributed by atoms with Crippen molar-refractivity contribution in [2.45, 2.75) is 6.18 Å². The third-order valence-electron chi connectivity index (χ3n) is 3.84. The molecule has 2 N–H and O–H groups in total. The van der Waals surface area contributed by atoms with Crippen LogP contribution in [0.2, 0.25) is 5.02 Å². The first kappa shape index (κ1) is 21.3. The molecule has 0 atom stereocenters. The van der Waals surface area contributed by atoms with Crippen molar-refractivity contribution >= 4 is 29.0 Å². The summed E-state index contributed by atoms with van der Waals surface area (Å²) in [6, 6.07) is 10.7. The number of pyridine rings is 1. The molecule has 10 heteroatoms. The molecule has 0 bridgehead atoms. The number of nitrogens with one attached hydrogen (secondary N) is 2. The molecule has 30 heavy (non-hydrogen) atoms. The van der Waals surface area contributed by atoms with E-state index in [1.54, 1.807) is 48.8 Å². The van der Waals surface area contributed by atoms with Crippen molar-refractivity contribution in [2.24, 2.45) is 0 Å². The first-order chi connectivity index (χ1) is 14.3. The van der Waals surface area contributed by atoms with E-state index in [-0.39, 0.29) is 11.4 Å². The zero-order chi connectivity index (χ0) is 21.7. The minimum Gasteiger partial charge on any atom is -0.495 e. The average molecular weight is 438 g/mol. The van der Waals surface area contributed by atoms with Crippen molar-refractivity contribution in [3.8, 4) is 17.2 Å². The summed E-state index contributed by atoms with van der Waals surface area (Å²) < 4.78 is 49.8. The Morgan fingerprint density at radius 3 is 2.23 bits per heavy atom. The maximum atomic E-state index is 13.1. The number of carbonyl (C=O) groups is 1. The summed E-state index contributed by atoms with van der Waals surface area (Å²) in [5, 5.41) is 4.32. The van der Waals surface area contributed by atoms with Crippen LogP contribution in [0.5, 0.6) is 17.2 Å². The average Bonchev–Trinajstić information content (AvgIpc) is 2.70. The lowest BCUT2D eigenvalue weighted by Crippen LogP contribution is -2.20. The van der Waals surface area contributed by atoms with Gasteiger partial charge in [-0.1, -0.05) is 11.6 Å². The summed E-state index contributed by atoms with van der Waals surface area (Å²) in [6.07, 6.45) is -1.50. The molecular weight excluding hydrogens is 423 g/mol. The van der Waals surface area contributed by atoms with Crippen molar-refractivity contribution in [1.29, 1.82) is 0 Å². The van der Waals surface area contributed by atoms with E-state index in [2.05, 4.69) is 15.6 Å². The number of rotatable bonds is 5. The molecule has 6 nitrogen and oxygen atoms in total. The molecule has 2 aromatic carbocycles. The van der Waals surface area contributed by atoms with Gasteiger partial charge in [-0.25, -0.2) is 4.79 Å². The number of amides is 2. The second kappa shape index (κ2) is 8.91. The molecule has 0 saturated carbocycles. The molecule has 3 rings (SSSR count). The van der Waals surface area contributed by atoms with Crippen LogP contribution in [0.15, 0.2) is 60.9 Å². The normalized spacial score (nSPS) is 11.0. The van der Waals surface area contributed by atoms with Gasteiger partial charge in [-0.15, -0.1) is 0 Å². The molecule has 156 valence electrons. The van der Waals surface area contributed by atoms with Crippen LogP contribution in [0.3, 0.4) is 0 Å². The zero-order valence-electron chi connectivity index (χ0n) is 15.5. The SMILES string of the molecule is COc1cc(Cl)c(C(F)(F)F)cc1NC(=O)Nc1ccc(Oc2ccncc2)cc1. The highest BCUT2D eigenvalue weighted by atomic mass is 35.5. The molecule has 0 saturated heterocycles. The first-order valence-electron chi connectivity index (χ1n) is 8.47. The second-order valence-electron chi connectivity index (χ2n) is 5.92. The Bertz CT molecular complexity index is 1030. The Morgan fingerprint density at radius 2 is 1.63 bits per heavy atom. The van der Waals surface area contributed by atoms with Crippen molar-refractivity contribution < 1.29 is 27.4 Å². The lowest BCUT2D eigenvalue weighted by molar-refractivity contribution is -0.137. The predicted octanol–water partition coefficient (Wildman–Crippen LogP) is 6.20. The Hall–Kier alpha value is -3.46. The van der Waals surface area contributed by atoms with E-state index < -0.39 is 22.8 Å². The fourth-order valence-corrected chi connectivity index (χ4v) is 2.73. The summed E-state index contributed by atoms with van der Waals surface area (Å²) in [5.74, 6) is 1.12. The highest BCUT2D eigenvalue weighted by Gasteiger charge is 2.34. The Balaban J connectivity index is 1.69. The number of halogens is 4. The van der Waals surface area contributed by atoms with Gasteiger partial charge in [0.15, 0.2) is 0 Å². The van der Waals surface area contributed by atoms with E-state index in [0.29, 0.717) is 23.3 Å². The van der Waals surface area contributed by atoms with Gasteiger partial charge in [-0.2, -0.15) is 13.2 Å². The topological polar surface area (TPSA) is 72.5 Å². The summed E-state index contributed by atoms with van der Waals surface area (Å²) in [5.41, 5.74) is -0.860. The maximum Gasteiger partial charge on any atom is 0.417 e. The van der Waals surface area contributed by atoms with Crippen LogP contribution in [-0.2, 0) is 6.18 Å². The molecule has 0 aliphatic rings. The molecule has 0 radical (unpaired) electrons.